The van der Waals surface area contributed by atoms with Gasteiger partial charge in [-0.1, -0.05) is 23.7 Å². The molecule has 0 amide bonds. The maximum absolute atomic E-state index is 12.6. The number of carbonyl (C=O) groups excluding carboxylic acids is 1. The predicted molar refractivity (Wildman–Crippen MR) is 112 cm³/mol. The molecule has 2 aromatic heterocycles. The van der Waals surface area contributed by atoms with E-state index in [0.717, 1.165) is 11.3 Å². The molecule has 0 fully saturated rings. The molecule has 0 bridgehead atoms. The van der Waals surface area contributed by atoms with Crippen LogP contribution in [0.5, 0.6) is 0 Å². The zero-order chi connectivity index (χ0) is 21.0. The molecule has 3 aromatic rings. The van der Waals surface area contributed by atoms with E-state index in [1.165, 1.54) is 7.11 Å². The lowest BCUT2D eigenvalue weighted by Gasteiger charge is -2.02. The molecule has 29 heavy (non-hydrogen) atoms. The summed E-state index contributed by atoms with van der Waals surface area (Å²) in [5.74, 6) is -0.356. The monoisotopic (exact) mass is 429 g/mol. The number of ether oxygens (including phenoxy) is 2. The van der Waals surface area contributed by atoms with Crippen molar-refractivity contribution >= 4 is 50.2 Å². The molecule has 1 aromatic carbocycles. The molecule has 0 saturated carbocycles. The fraction of sp³-hybridized carbons (Fsp3) is 0.200. The lowest BCUT2D eigenvalue weighted by molar-refractivity contribution is 0.0393. The van der Waals surface area contributed by atoms with Crippen LogP contribution in [0, 0.1) is 18.3 Å². The molecule has 0 aliphatic carbocycles. The van der Waals surface area contributed by atoms with Crippen LogP contribution in [0.1, 0.15) is 32.2 Å². The third-order valence-electron chi connectivity index (χ3n) is 4.04. The molecule has 0 aliphatic rings. The van der Waals surface area contributed by atoms with E-state index in [9.17, 15) is 9.59 Å². The number of hydrogen-bond donors (Lipinski definition) is 1. The van der Waals surface area contributed by atoms with E-state index in [1.807, 2.05) is 0 Å². The van der Waals surface area contributed by atoms with Crippen LogP contribution in [0.3, 0.4) is 0 Å². The minimum absolute atomic E-state index is 0.119. The standard InChI is InChI=1S/C20H16ClN3O4S/c1-11-15-18(25)23-17(14(21)9-12-4-3-5-13(8-12)10-22)24-19(15)29-16(11)20(26)28-7-6-27-2/h3-5,8-9H,6-7H2,1-2H3,(H,23,24,25)/b14-9-. The number of nitriles is 1. The Labute approximate surface area is 175 Å². The maximum Gasteiger partial charge on any atom is 0.348 e. The maximum atomic E-state index is 12.6. The summed E-state index contributed by atoms with van der Waals surface area (Å²) in [6.45, 7) is 2.08. The number of hydrogen-bond acceptors (Lipinski definition) is 7. The van der Waals surface area contributed by atoms with E-state index in [1.54, 1.807) is 37.3 Å². The highest BCUT2D eigenvalue weighted by molar-refractivity contribution is 7.20. The topological polar surface area (TPSA) is 105 Å². The average Bonchev–Trinajstić information content (AvgIpc) is 3.05. The molecule has 0 spiro atoms. The lowest BCUT2D eigenvalue weighted by Crippen LogP contribution is -2.11. The molecule has 148 valence electrons. The average molecular weight is 430 g/mol. The molecule has 7 nitrogen and oxygen atoms in total. The second-order valence-corrected chi connectivity index (χ2v) is 7.42. The van der Waals surface area contributed by atoms with Crippen molar-refractivity contribution in [3.63, 3.8) is 0 Å². The Bertz CT molecular complexity index is 1210. The largest absolute Gasteiger partial charge is 0.459 e. The molecule has 0 aliphatic heterocycles. The summed E-state index contributed by atoms with van der Waals surface area (Å²) in [6.07, 6.45) is 1.60. The first-order valence-electron chi connectivity index (χ1n) is 8.51. The molecular weight excluding hydrogens is 414 g/mol. The van der Waals surface area contributed by atoms with Crippen LogP contribution in [0.15, 0.2) is 29.1 Å². The summed E-state index contributed by atoms with van der Waals surface area (Å²) < 4.78 is 10.0. The Morgan fingerprint density at radius 2 is 2.21 bits per heavy atom. The number of methoxy groups -OCH3 is 1. The van der Waals surface area contributed by atoms with Crippen molar-refractivity contribution in [2.24, 2.45) is 0 Å². The third-order valence-corrected chi connectivity index (χ3v) is 5.50. The molecule has 9 heteroatoms. The molecule has 0 radical (unpaired) electrons. The van der Waals surface area contributed by atoms with Gasteiger partial charge < -0.3 is 14.5 Å². The second kappa shape index (κ2) is 9.01. The summed E-state index contributed by atoms with van der Waals surface area (Å²) in [4.78, 5) is 32.6. The number of nitrogens with one attached hydrogen (secondary N) is 1. The number of rotatable bonds is 6. The predicted octanol–water partition coefficient (Wildman–Crippen LogP) is 3.70. The molecule has 0 unspecified atom stereocenters. The van der Waals surface area contributed by atoms with Crippen LogP contribution < -0.4 is 5.56 Å². The number of aromatic nitrogens is 2. The second-order valence-electron chi connectivity index (χ2n) is 6.01. The highest BCUT2D eigenvalue weighted by Crippen LogP contribution is 2.29. The van der Waals surface area contributed by atoms with Crippen molar-refractivity contribution < 1.29 is 14.3 Å². The van der Waals surface area contributed by atoms with Gasteiger partial charge >= 0.3 is 5.97 Å². The summed E-state index contributed by atoms with van der Waals surface area (Å²) in [5, 5.41) is 9.53. The van der Waals surface area contributed by atoms with E-state index >= 15 is 0 Å². The Morgan fingerprint density at radius 3 is 2.93 bits per heavy atom. The highest BCUT2D eigenvalue weighted by Gasteiger charge is 2.21. The van der Waals surface area contributed by atoms with Gasteiger partial charge in [0.25, 0.3) is 5.56 Å². The lowest BCUT2D eigenvalue weighted by atomic mass is 10.1. The van der Waals surface area contributed by atoms with Gasteiger partial charge in [0.2, 0.25) is 0 Å². The zero-order valence-corrected chi connectivity index (χ0v) is 17.2. The van der Waals surface area contributed by atoms with Crippen molar-refractivity contribution in [2.45, 2.75) is 6.92 Å². The van der Waals surface area contributed by atoms with Gasteiger partial charge in [-0.2, -0.15) is 5.26 Å². The number of nitrogens with zero attached hydrogens (tertiary/aromatic N) is 2. The Hall–Kier alpha value is -2.99. The first-order chi connectivity index (χ1) is 13.9. The molecular formula is C20H16ClN3O4S. The van der Waals surface area contributed by atoms with E-state index in [4.69, 9.17) is 26.3 Å². The molecule has 0 atom stereocenters. The fourth-order valence-corrected chi connectivity index (χ4v) is 3.94. The number of thiophene rings is 1. The van der Waals surface area contributed by atoms with E-state index in [2.05, 4.69) is 16.0 Å². The van der Waals surface area contributed by atoms with Crippen LogP contribution >= 0.6 is 22.9 Å². The number of fused-ring (bicyclic) bond motifs is 1. The normalized spacial score (nSPS) is 11.4. The van der Waals surface area contributed by atoms with Crippen molar-refractivity contribution in [3.05, 3.63) is 62.0 Å². The van der Waals surface area contributed by atoms with Gasteiger partial charge in [0.15, 0.2) is 5.82 Å². The van der Waals surface area contributed by atoms with Gasteiger partial charge in [-0.3, -0.25) is 4.79 Å². The zero-order valence-electron chi connectivity index (χ0n) is 15.6. The van der Waals surface area contributed by atoms with E-state index < -0.39 is 11.5 Å². The molecule has 2 heterocycles. The van der Waals surface area contributed by atoms with E-state index in [-0.39, 0.29) is 24.1 Å². The van der Waals surface area contributed by atoms with Crippen LogP contribution in [0.4, 0.5) is 0 Å². The van der Waals surface area contributed by atoms with Gasteiger partial charge in [0, 0.05) is 7.11 Å². The first-order valence-corrected chi connectivity index (χ1v) is 9.71. The van der Waals surface area contributed by atoms with Gasteiger partial charge in [-0.15, -0.1) is 11.3 Å². The van der Waals surface area contributed by atoms with Crippen LogP contribution in [0.25, 0.3) is 21.3 Å². The fourth-order valence-electron chi connectivity index (χ4n) is 2.65. The summed E-state index contributed by atoms with van der Waals surface area (Å²) in [5.41, 5.74) is 1.30. The van der Waals surface area contributed by atoms with Gasteiger partial charge in [-0.05, 0) is 36.3 Å². The SMILES string of the molecule is COCCOC(=O)c1sc2nc(/C(Cl)=C/c3cccc(C#N)c3)[nH]c(=O)c2c1C. The number of H-pyrrole nitrogens is 1. The Morgan fingerprint density at radius 1 is 1.41 bits per heavy atom. The van der Waals surface area contributed by atoms with Crippen molar-refractivity contribution in [2.75, 3.05) is 20.3 Å². The van der Waals surface area contributed by atoms with Crippen molar-refractivity contribution in [1.29, 1.82) is 5.26 Å². The highest BCUT2D eigenvalue weighted by atomic mass is 35.5. The van der Waals surface area contributed by atoms with E-state index in [0.29, 0.717) is 31.8 Å². The number of carbonyl (C=O) groups is 1. The summed E-state index contributed by atoms with van der Waals surface area (Å²) in [6, 6.07) is 8.92. The van der Waals surface area contributed by atoms with Crippen LogP contribution in [-0.2, 0) is 9.47 Å². The summed E-state index contributed by atoms with van der Waals surface area (Å²) in [7, 11) is 1.51. The Kier molecular flexibility index (Phi) is 6.44. The Balaban J connectivity index is 1.99. The number of aryl methyl sites for hydroxylation is 1. The number of esters is 1. The quantitative estimate of drug-likeness (QED) is 0.473. The smallest absolute Gasteiger partial charge is 0.348 e. The summed E-state index contributed by atoms with van der Waals surface area (Å²) >= 11 is 7.42. The van der Waals surface area contributed by atoms with Gasteiger partial charge in [0.1, 0.15) is 16.3 Å². The molecule has 0 saturated heterocycles. The number of halogens is 1. The third kappa shape index (κ3) is 4.54. The number of benzene rings is 1. The van der Waals surface area contributed by atoms with Gasteiger partial charge in [-0.25, -0.2) is 9.78 Å². The molecule has 1 N–H and O–H groups in total. The minimum atomic E-state index is -0.529. The van der Waals surface area contributed by atoms with Crippen molar-refractivity contribution in [1.82, 2.24) is 9.97 Å². The van der Waals surface area contributed by atoms with Crippen LogP contribution in [-0.4, -0.2) is 36.3 Å². The minimum Gasteiger partial charge on any atom is -0.459 e. The molecule has 3 rings (SSSR count). The van der Waals surface area contributed by atoms with Gasteiger partial charge in [0.05, 0.1) is 28.7 Å². The number of aromatic amines is 1. The first kappa shape index (κ1) is 20.7. The van der Waals surface area contributed by atoms with Crippen molar-refractivity contribution in [3.8, 4) is 6.07 Å². The van der Waals surface area contributed by atoms with Crippen LogP contribution in [0.2, 0.25) is 0 Å².